The highest BCUT2D eigenvalue weighted by atomic mass is 16.6. The largest absolute Gasteiger partial charge is 0.469 e. The van der Waals surface area contributed by atoms with Gasteiger partial charge in [-0.1, -0.05) is 66.2 Å². The van der Waals surface area contributed by atoms with Gasteiger partial charge in [-0.3, -0.25) is 9.36 Å². The fourth-order valence-electron chi connectivity index (χ4n) is 4.39. The molecule has 0 aliphatic rings. The van der Waals surface area contributed by atoms with Crippen LogP contribution in [0.25, 0.3) is 22.0 Å². The van der Waals surface area contributed by atoms with Crippen LogP contribution < -0.4 is 0 Å². The number of hydrogen-bond acceptors (Lipinski definition) is 4. The molecule has 0 unspecified atom stereocenters. The van der Waals surface area contributed by atoms with E-state index in [4.69, 9.17) is 9.47 Å². The third-order valence-electron chi connectivity index (χ3n) is 6.14. The maximum atomic E-state index is 12.8. The normalized spacial score (nSPS) is 12.2. The lowest BCUT2D eigenvalue weighted by atomic mass is 9.86. The zero-order valence-electron chi connectivity index (χ0n) is 22.1. The lowest BCUT2D eigenvalue weighted by Crippen LogP contribution is -2.26. The van der Waals surface area contributed by atoms with Crippen molar-refractivity contribution in [3.05, 3.63) is 107 Å². The number of rotatable bonds is 6. The Labute approximate surface area is 218 Å². The molecule has 4 rings (SSSR count). The van der Waals surface area contributed by atoms with Crippen LogP contribution in [0.15, 0.2) is 85.1 Å². The molecule has 3 aromatic carbocycles. The Morgan fingerprint density at radius 2 is 1.49 bits per heavy atom. The summed E-state index contributed by atoms with van der Waals surface area (Å²) in [5.74, 6) is -0.249. The average molecular weight is 496 g/mol. The first-order chi connectivity index (χ1) is 17.7. The molecule has 0 radical (unpaired) electrons. The number of methoxy groups -OCH3 is 1. The van der Waals surface area contributed by atoms with Gasteiger partial charge in [0, 0.05) is 18.0 Å². The lowest BCUT2D eigenvalue weighted by Gasteiger charge is -2.20. The summed E-state index contributed by atoms with van der Waals surface area (Å²) in [6, 6.07) is 26.5. The summed E-state index contributed by atoms with van der Waals surface area (Å²) < 4.78 is 12.1. The van der Waals surface area contributed by atoms with Gasteiger partial charge in [0.2, 0.25) is 0 Å². The molecule has 0 spiro atoms. The van der Waals surface area contributed by atoms with Gasteiger partial charge in [-0.2, -0.15) is 0 Å². The lowest BCUT2D eigenvalue weighted by molar-refractivity contribution is -0.140. The van der Waals surface area contributed by atoms with Gasteiger partial charge < -0.3 is 9.47 Å². The van der Waals surface area contributed by atoms with Crippen LogP contribution in [0.4, 0.5) is 4.79 Å². The minimum Gasteiger partial charge on any atom is -0.469 e. The number of esters is 1. The van der Waals surface area contributed by atoms with Gasteiger partial charge in [0.15, 0.2) is 0 Å². The second-order valence-corrected chi connectivity index (χ2v) is 10.1. The highest BCUT2D eigenvalue weighted by Crippen LogP contribution is 2.36. The van der Waals surface area contributed by atoms with Gasteiger partial charge in [-0.25, -0.2) is 4.79 Å². The van der Waals surface area contributed by atoms with Gasteiger partial charge in [0.05, 0.1) is 12.6 Å². The van der Waals surface area contributed by atoms with Crippen LogP contribution in [0, 0.1) is 6.92 Å². The van der Waals surface area contributed by atoms with Crippen molar-refractivity contribution in [3.63, 3.8) is 0 Å². The van der Waals surface area contributed by atoms with Crippen molar-refractivity contribution in [3.8, 4) is 0 Å². The summed E-state index contributed by atoms with van der Waals surface area (Å²) in [4.78, 5) is 24.9. The summed E-state index contributed by atoms with van der Waals surface area (Å²) in [5, 5.41) is 0.924. The smallest absolute Gasteiger partial charge is 0.418 e. The van der Waals surface area contributed by atoms with Crippen LogP contribution in [0.5, 0.6) is 0 Å². The Hall–Kier alpha value is -4.12. The molecule has 0 saturated heterocycles. The number of fused-ring (bicyclic) bond motifs is 1. The number of nitrogens with zero attached hydrogens (tertiary/aromatic N) is 1. The van der Waals surface area contributed by atoms with E-state index in [1.54, 1.807) is 6.20 Å². The predicted octanol–water partition coefficient (Wildman–Crippen LogP) is 7.65. The molecule has 5 nitrogen and oxygen atoms in total. The van der Waals surface area contributed by atoms with E-state index in [2.05, 4.69) is 49.4 Å². The number of hydrogen-bond donors (Lipinski definition) is 0. The van der Waals surface area contributed by atoms with Crippen molar-refractivity contribution in [2.24, 2.45) is 0 Å². The summed E-state index contributed by atoms with van der Waals surface area (Å²) in [6.45, 7) is 7.63. The van der Waals surface area contributed by atoms with Crippen molar-refractivity contribution in [2.45, 2.75) is 46.1 Å². The zero-order valence-corrected chi connectivity index (χ0v) is 22.1. The zero-order chi connectivity index (χ0) is 26.6. The molecule has 5 heteroatoms. The summed E-state index contributed by atoms with van der Waals surface area (Å²) >= 11 is 0. The molecule has 0 saturated carbocycles. The Balaban J connectivity index is 1.90. The molecule has 0 aliphatic carbocycles. The van der Waals surface area contributed by atoms with Crippen LogP contribution in [-0.2, 0) is 14.3 Å². The highest BCUT2D eigenvalue weighted by molar-refractivity contribution is 6.01. The molecule has 190 valence electrons. The fourth-order valence-corrected chi connectivity index (χ4v) is 4.39. The van der Waals surface area contributed by atoms with Crippen molar-refractivity contribution in [1.29, 1.82) is 0 Å². The van der Waals surface area contributed by atoms with Crippen LogP contribution in [-0.4, -0.2) is 29.3 Å². The third kappa shape index (κ3) is 6.18. The maximum absolute atomic E-state index is 12.8. The molecule has 1 heterocycles. The van der Waals surface area contributed by atoms with Gasteiger partial charge in [0.25, 0.3) is 0 Å². The summed E-state index contributed by atoms with van der Waals surface area (Å²) in [6.07, 6.45) is 2.13. The van der Waals surface area contributed by atoms with Gasteiger partial charge in [-0.05, 0) is 80.2 Å². The topological polar surface area (TPSA) is 57.5 Å². The van der Waals surface area contributed by atoms with Crippen molar-refractivity contribution < 1.29 is 19.1 Å². The number of carbonyl (C=O) groups excluding carboxylic acids is 2. The molecular weight excluding hydrogens is 462 g/mol. The first kappa shape index (κ1) is 26.0. The van der Waals surface area contributed by atoms with Crippen molar-refractivity contribution >= 4 is 34.1 Å². The Morgan fingerprint density at radius 1 is 0.811 bits per heavy atom. The summed E-state index contributed by atoms with van der Waals surface area (Å²) in [7, 11) is 1.42. The average Bonchev–Trinajstić information content (AvgIpc) is 3.30. The second kappa shape index (κ2) is 10.9. The van der Waals surface area contributed by atoms with E-state index >= 15 is 0 Å². The van der Waals surface area contributed by atoms with Gasteiger partial charge in [-0.15, -0.1) is 0 Å². The van der Waals surface area contributed by atoms with Gasteiger partial charge >= 0.3 is 12.1 Å². The molecule has 0 N–H and O–H groups in total. The van der Waals surface area contributed by atoms with E-state index in [1.165, 1.54) is 17.2 Å². The summed E-state index contributed by atoms with van der Waals surface area (Å²) in [5.41, 5.74) is 6.57. The van der Waals surface area contributed by atoms with Crippen molar-refractivity contribution in [2.75, 3.05) is 7.11 Å². The Bertz CT molecular complexity index is 1440. The van der Waals surface area contributed by atoms with E-state index < -0.39 is 11.7 Å². The van der Waals surface area contributed by atoms with E-state index in [0.717, 1.165) is 38.7 Å². The van der Waals surface area contributed by atoms with Crippen LogP contribution in [0.2, 0.25) is 0 Å². The molecule has 0 fully saturated rings. The molecular formula is C32H33NO4. The number of aryl methyl sites for hydroxylation is 1. The molecule has 0 atom stereocenters. The SMILES string of the molecule is COC(=O)CC/C(=C(\c1ccc(C)cc1)c1ccc2c(ccn2C(=O)OC(C)(C)C)c1)c1ccccc1. The standard InChI is InChI=1S/C32H33NO4/c1-22-11-13-24(14-12-22)30(27(16-18-29(34)36-5)23-9-7-6-8-10-23)26-15-17-28-25(21-26)19-20-33(28)31(35)37-32(2,3)4/h6-15,17,19-21H,16,18H2,1-5H3/b30-27-. The van der Waals surface area contributed by atoms with Crippen molar-refractivity contribution in [1.82, 2.24) is 4.57 Å². The fraction of sp³-hybridized carbons (Fsp3) is 0.250. The Morgan fingerprint density at radius 3 is 2.14 bits per heavy atom. The van der Waals surface area contributed by atoms with E-state index in [9.17, 15) is 9.59 Å². The van der Waals surface area contributed by atoms with E-state index in [-0.39, 0.29) is 12.4 Å². The number of benzene rings is 3. The second-order valence-electron chi connectivity index (χ2n) is 10.1. The maximum Gasteiger partial charge on any atom is 0.418 e. The Kier molecular flexibility index (Phi) is 7.63. The molecule has 37 heavy (non-hydrogen) atoms. The minimum absolute atomic E-state index is 0.249. The van der Waals surface area contributed by atoms with E-state index in [0.29, 0.717) is 6.42 Å². The third-order valence-corrected chi connectivity index (χ3v) is 6.14. The van der Waals surface area contributed by atoms with Gasteiger partial charge in [0.1, 0.15) is 5.60 Å². The number of allylic oxidation sites excluding steroid dienone is 1. The van der Waals surface area contributed by atoms with Crippen LogP contribution in [0.1, 0.15) is 55.9 Å². The monoisotopic (exact) mass is 495 g/mol. The van der Waals surface area contributed by atoms with Crippen LogP contribution >= 0.6 is 0 Å². The first-order valence-electron chi connectivity index (χ1n) is 12.4. The van der Waals surface area contributed by atoms with E-state index in [1.807, 2.05) is 57.2 Å². The number of carbonyl (C=O) groups is 2. The molecule has 4 aromatic rings. The number of aromatic nitrogens is 1. The molecule has 0 aliphatic heterocycles. The highest BCUT2D eigenvalue weighted by Gasteiger charge is 2.20. The quantitative estimate of drug-likeness (QED) is 0.204. The number of ether oxygens (including phenoxy) is 2. The predicted molar refractivity (Wildman–Crippen MR) is 148 cm³/mol. The molecule has 0 bridgehead atoms. The first-order valence-corrected chi connectivity index (χ1v) is 12.4. The van der Waals surface area contributed by atoms with Crippen LogP contribution in [0.3, 0.4) is 0 Å². The molecule has 1 aromatic heterocycles. The molecule has 0 amide bonds. The minimum atomic E-state index is -0.584.